The average molecular weight is 1900 g/mol. The predicted molar refractivity (Wildman–Crippen MR) is 551 cm³/mol. The summed E-state index contributed by atoms with van der Waals surface area (Å²) in [5, 5.41) is 51.4. The van der Waals surface area contributed by atoms with E-state index in [0.717, 1.165) is 28.5 Å². The monoisotopic (exact) mass is 1890 g/mol. The Labute approximate surface area is 833 Å². The minimum Gasteiger partial charge on any atom is -0.509 e. The molecule has 0 aliphatic rings. The Morgan fingerprint density at radius 3 is 0.769 bits per heavy atom. The number of fused-ring (bicyclic) bond motifs is 6. The van der Waals surface area contributed by atoms with Gasteiger partial charge >= 0.3 is 66.2 Å². The zero-order valence-electron chi connectivity index (χ0n) is 73.1. The zero-order valence-corrected chi connectivity index (χ0v) is 83.0. The van der Waals surface area contributed by atoms with Crippen LogP contribution in [0.25, 0.3) is 54.3 Å². The third kappa shape index (κ3) is 30.0. The fourth-order valence-electron chi connectivity index (χ4n) is 14.4. The second-order valence-electron chi connectivity index (χ2n) is 28.7. The first-order valence-corrected chi connectivity index (χ1v) is 47.0. The summed E-state index contributed by atoms with van der Waals surface area (Å²) >= 11 is 6.05. The number of aryl methyl sites for hydroxylation is 2. The Balaban J connectivity index is 0.000000170. The van der Waals surface area contributed by atoms with Crippen molar-refractivity contribution < 1.29 is 105 Å². The van der Waals surface area contributed by atoms with Gasteiger partial charge in [-0.15, -0.1) is 0 Å². The maximum absolute atomic E-state index is 8.70. The smallest absolute Gasteiger partial charge is 0.509 e. The van der Waals surface area contributed by atoms with Crippen molar-refractivity contribution in [2.75, 3.05) is 0 Å². The molecule has 0 saturated carbocycles. The van der Waals surface area contributed by atoms with Crippen LogP contribution in [0.5, 0.6) is 0 Å². The van der Waals surface area contributed by atoms with Crippen LogP contribution >= 0.6 is 43.3 Å². The normalized spacial score (nSPS) is 10.1. The van der Waals surface area contributed by atoms with E-state index in [9.17, 15) is 0 Å². The molecular weight excluding hydrogens is 1800 g/mol. The van der Waals surface area contributed by atoms with Crippen molar-refractivity contribution >= 4 is 169 Å². The van der Waals surface area contributed by atoms with E-state index in [0.29, 0.717) is 10.6 Å². The second-order valence-corrected chi connectivity index (χ2v) is 38.0. The van der Waals surface area contributed by atoms with Gasteiger partial charge in [0, 0.05) is 49.2 Å². The molecule has 0 aliphatic heterocycles. The molecule has 20 rings (SSSR count). The van der Waals surface area contributed by atoms with Gasteiger partial charge in [-0.3, -0.25) is 4.98 Å². The van der Waals surface area contributed by atoms with Gasteiger partial charge in [-0.1, -0.05) is 502 Å². The molecule has 0 spiro atoms. The van der Waals surface area contributed by atoms with Gasteiger partial charge in [0.25, 0.3) is 0 Å². The maximum Gasteiger partial charge on any atom is 1.00 e. The fraction of sp³-hybridized carbons (Fsp3) is 0.0175. The van der Waals surface area contributed by atoms with E-state index in [-0.39, 0.29) is 87.0 Å². The number of pyridine rings is 2. The van der Waals surface area contributed by atoms with Gasteiger partial charge in [0.15, 0.2) is 0 Å². The molecule has 3 N–H and O–H groups in total. The van der Waals surface area contributed by atoms with Crippen LogP contribution in [0, 0.1) is 21.3 Å². The first kappa shape index (κ1) is 103. The molecule has 634 valence electrons. The standard InChI is InChI=1S/C20H15N.4C18H15P.C13H8ClN.C7H9BO2.CHO3.CH3.2Na.Pd/c1-14-5-4-7-16(13-14)20-19-10-9-15-6-2-3-8-17(15)18(19)11-12-21-20;4*1-4-10-16(11-5-1)19(17-12-6-2-7-13-17)18-14-8-3-9-15-18;14-13-12-6-5-9-3-1-2-4-10(9)11(12)7-8-15-13;1-6-3-2-4-7(5-6)8(9)10;2-1-4-3;;;;/h2-13H,1H3;4*1-15H;1-8H;2-5,9-10H,1H3;3H;1H3;;;/q;;;;;;;2*-1;2*+1;. The first-order chi connectivity index (χ1) is 62.1. The minimum atomic E-state index is -1.35. The third-order valence-electron chi connectivity index (χ3n) is 20.1. The number of nitrogens with zero attached hydrogens (tertiary/aromatic N) is 2. The number of halogens is 1. The number of benzene rings is 18. The number of carbonyl (C=O) groups excluding carboxylic acids is 1. The van der Waals surface area contributed by atoms with E-state index < -0.39 is 38.8 Å². The van der Waals surface area contributed by atoms with Crippen molar-refractivity contribution in [2.45, 2.75) is 13.8 Å². The molecule has 0 radical (unpaired) electrons. The second kappa shape index (κ2) is 56.2. The molecule has 2 aromatic heterocycles. The molecule has 7 nitrogen and oxygen atoms in total. The number of hydrogen-bond donors (Lipinski definition) is 3. The van der Waals surface area contributed by atoms with E-state index >= 15 is 0 Å². The molecule has 18 aromatic carbocycles. The predicted octanol–water partition coefficient (Wildman–Crippen LogP) is 16.9. The summed E-state index contributed by atoms with van der Waals surface area (Å²) in [5.41, 5.74) is 5.07. The van der Waals surface area contributed by atoms with E-state index in [4.69, 9.17) is 31.7 Å². The van der Waals surface area contributed by atoms with Gasteiger partial charge < -0.3 is 27.2 Å². The number of rotatable bonds is 15. The molecule has 0 fully saturated rings. The Morgan fingerprint density at radius 1 is 0.277 bits per heavy atom. The molecule has 130 heavy (non-hydrogen) atoms. The summed E-state index contributed by atoms with van der Waals surface area (Å²) in [6.07, 6.45) is 3.66. The quantitative estimate of drug-likeness (QED) is 0.0178. The topological polar surface area (TPSA) is 113 Å². The zero-order chi connectivity index (χ0) is 87.1. The van der Waals surface area contributed by atoms with Crippen LogP contribution in [0.15, 0.2) is 510 Å². The Kier molecular flexibility index (Phi) is 44.6. The largest absolute Gasteiger partial charge is 1.00 e. The van der Waals surface area contributed by atoms with Crippen molar-refractivity contribution in [3.63, 3.8) is 0 Å². The number of hydrogen-bond acceptors (Lipinski definition) is 7. The van der Waals surface area contributed by atoms with Crippen LogP contribution in [0.4, 0.5) is 0 Å². The van der Waals surface area contributed by atoms with Crippen LogP contribution in [0.3, 0.4) is 0 Å². The minimum absolute atomic E-state index is 0. The summed E-state index contributed by atoms with van der Waals surface area (Å²) in [4.78, 5) is 20.0. The molecule has 0 saturated heterocycles. The third-order valence-corrected chi connectivity index (χ3v) is 30.2. The van der Waals surface area contributed by atoms with Crippen molar-refractivity contribution in [1.82, 2.24) is 9.97 Å². The van der Waals surface area contributed by atoms with Gasteiger partial charge in [0.2, 0.25) is 0 Å². The van der Waals surface area contributed by atoms with Crippen molar-refractivity contribution in [3.8, 4) is 11.3 Å². The van der Waals surface area contributed by atoms with Crippen molar-refractivity contribution in [1.29, 1.82) is 0 Å². The molecule has 2 heterocycles. The van der Waals surface area contributed by atoms with Crippen molar-refractivity contribution in [2.24, 2.45) is 0 Å². The van der Waals surface area contributed by atoms with Gasteiger partial charge in [0.05, 0.1) is 5.69 Å². The molecule has 0 unspecified atom stereocenters. The summed E-state index contributed by atoms with van der Waals surface area (Å²) in [5.74, 6) is 0. The Bertz CT molecular complexity index is 5780. The maximum atomic E-state index is 8.70. The SMILES string of the molecule is Cc1cccc(-c2nccc3c2ccc2ccccc23)c1.Cc1cccc(B(O)O)c1.Clc1nccc2c1ccc1ccccc12.O=[C-]OO.[CH3-].[Na+].[Na+].[Pd].c1ccc(P(c2ccccc2)c2ccccc2)cc1.c1ccc(P(c2ccccc2)c2ccccc2)cc1.c1ccc(P(c2ccccc2)c2ccccc2)cc1.c1ccc(P(c2ccccc2)c2ccccc2)cc1. The molecule has 0 aliphatic carbocycles. The summed E-state index contributed by atoms with van der Waals surface area (Å²) < 4.78 is 0. The molecule has 16 heteroatoms. The average Bonchev–Trinajstić information content (AvgIpc) is 0.778. The van der Waals surface area contributed by atoms with Crippen LogP contribution in [-0.4, -0.2) is 38.9 Å². The van der Waals surface area contributed by atoms with Crippen LogP contribution in [0.2, 0.25) is 5.15 Å². The Morgan fingerprint density at radius 2 is 0.515 bits per heavy atom. The fourth-order valence-corrected chi connectivity index (χ4v) is 23.8. The van der Waals surface area contributed by atoms with Crippen LogP contribution < -0.4 is 128 Å². The summed E-state index contributed by atoms with van der Waals surface area (Å²) in [6, 6.07) is 174. The number of aromatic nitrogens is 2. The van der Waals surface area contributed by atoms with E-state index in [1.165, 1.54) is 107 Å². The van der Waals surface area contributed by atoms with Crippen LogP contribution in [-0.2, 0) is 30.1 Å². The first-order valence-electron chi connectivity index (χ1n) is 41.3. The van der Waals surface area contributed by atoms with Gasteiger partial charge in [-0.05, 0) is 172 Å². The molecule has 0 amide bonds. The van der Waals surface area contributed by atoms with E-state index in [1.54, 1.807) is 24.4 Å². The summed E-state index contributed by atoms with van der Waals surface area (Å²) in [7, 11) is -3.13. The van der Waals surface area contributed by atoms with Gasteiger partial charge in [-0.2, -0.15) is 0 Å². The van der Waals surface area contributed by atoms with Gasteiger partial charge in [-0.25, -0.2) is 10.2 Å². The van der Waals surface area contributed by atoms with E-state index in [2.05, 4.69) is 471 Å². The molecule has 20 aromatic rings. The van der Waals surface area contributed by atoms with Crippen LogP contribution in [0.1, 0.15) is 11.1 Å². The van der Waals surface area contributed by atoms with E-state index in [1.807, 2.05) is 43.5 Å². The molecular formula is C114H96BClN2Na2O5P4Pd. The van der Waals surface area contributed by atoms with Gasteiger partial charge in [0.1, 0.15) is 5.15 Å². The summed E-state index contributed by atoms with van der Waals surface area (Å²) in [6.45, 7) is 4.76. The Hall–Kier alpha value is -10.6. The molecule has 0 bridgehead atoms. The molecule has 0 atom stereocenters. The van der Waals surface area contributed by atoms with Crippen molar-refractivity contribution in [3.05, 3.63) is 534 Å².